The third-order valence-corrected chi connectivity index (χ3v) is 4.47. The first-order valence-corrected chi connectivity index (χ1v) is 10.2. The largest absolute Gasteiger partial charge is 0.374 e. The molecule has 0 aromatic heterocycles. The van der Waals surface area contributed by atoms with Crippen LogP contribution in [0.2, 0.25) is 0 Å². The van der Waals surface area contributed by atoms with Crippen molar-refractivity contribution < 1.29 is 9.90 Å². The lowest BCUT2D eigenvalue weighted by Crippen LogP contribution is -2.33. The Morgan fingerprint density at radius 1 is 0.739 bits per heavy atom. The van der Waals surface area contributed by atoms with Crippen LogP contribution in [0.4, 0.5) is 0 Å². The lowest BCUT2D eigenvalue weighted by molar-refractivity contribution is -0.124. The van der Waals surface area contributed by atoms with Crippen LogP contribution in [0.5, 0.6) is 0 Å². The fourth-order valence-corrected chi connectivity index (χ4v) is 2.84. The molecule has 138 valence electrons. The summed E-state index contributed by atoms with van der Waals surface area (Å²) in [5.41, 5.74) is 0. The highest BCUT2D eigenvalue weighted by atomic mass is 16.3. The predicted octanol–water partition coefficient (Wildman–Crippen LogP) is 5.70. The van der Waals surface area contributed by atoms with Gasteiger partial charge >= 0.3 is 0 Å². The van der Waals surface area contributed by atoms with Gasteiger partial charge in [-0.3, -0.25) is 4.79 Å². The first-order valence-electron chi connectivity index (χ1n) is 10.2. The summed E-state index contributed by atoms with van der Waals surface area (Å²) in [6, 6.07) is 0. The average Bonchev–Trinajstić information content (AvgIpc) is 2.55. The minimum atomic E-state index is -0.672. The van der Waals surface area contributed by atoms with Crippen LogP contribution in [-0.4, -0.2) is 17.2 Å². The molecular formula is C20H41NO2. The molecule has 23 heavy (non-hydrogen) atoms. The molecule has 0 aliphatic heterocycles. The standard InChI is InChI=1S/C20H41NO2/c1-3-5-6-7-8-9-10-11-12-13-14-15-16-17-18-20(23)21-19(22)4-2/h19,22H,3-18H2,1-2H3,(H,21,23). The maximum absolute atomic E-state index is 11.5. The van der Waals surface area contributed by atoms with E-state index in [0.717, 1.165) is 12.8 Å². The second kappa shape index (κ2) is 17.8. The molecule has 0 aromatic carbocycles. The molecule has 3 heteroatoms. The molecule has 2 N–H and O–H groups in total. The second-order valence-electron chi connectivity index (χ2n) is 6.84. The van der Waals surface area contributed by atoms with Gasteiger partial charge in [0.25, 0.3) is 0 Å². The topological polar surface area (TPSA) is 49.3 Å². The molecule has 1 atom stereocenters. The number of aliphatic hydroxyl groups is 1. The molecule has 0 aromatic rings. The summed E-state index contributed by atoms with van der Waals surface area (Å²) in [6.07, 6.45) is 19.0. The molecule has 0 fully saturated rings. The first-order chi connectivity index (χ1) is 11.2. The van der Waals surface area contributed by atoms with Crippen LogP contribution in [0.15, 0.2) is 0 Å². The van der Waals surface area contributed by atoms with Crippen LogP contribution in [0.1, 0.15) is 117 Å². The Hall–Kier alpha value is -0.570. The van der Waals surface area contributed by atoms with Crippen molar-refractivity contribution in [2.24, 2.45) is 0 Å². The molecule has 1 unspecified atom stereocenters. The molecule has 0 aliphatic rings. The molecule has 0 radical (unpaired) electrons. The van der Waals surface area contributed by atoms with Crippen molar-refractivity contribution in [2.45, 2.75) is 123 Å². The number of aliphatic hydroxyl groups excluding tert-OH is 1. The molecule has 0 aliphatic carbocycles. The van der Waals surface area contributed by atoms with E-state index >= 15 is 0 Å². The van der Waals surface area contributed by atoms with Gasteiger partial charge in [-0.15, -0.1) is 0 Å². The fourth-order valence-electron chi connectivity index (χ4n) is 2.84. The summed E-state index contributed by atoms with van der Waals surface area (Å²) in [5, 5.41) is 11.9. The molecule has 0 saturated carbocycles. The summed E-state index contributed by atoms with van der Waals surface area (Å²) in [5.74, 6) is -0.0155. The minimum absolute atomic E-state index is 0.0155. The van der Waals surface area contributed by atoms with E-state index in [0.29, 0.717) is 12.8 Å². The fraction of sp³-hybridized carbons (Fsp3) is 0.950. The zero-order chi connectivity index (χ0) is 17.2. The maximum atomic E-state index is 11.5. The smallest absolute Gasteiger partial charge is 0.221 e. The van der Waals surface area contributed by atoms with E-state index in [1.165, 1.54) is 77.0 Å². The van der Waals surface area contributed by atoms with E-state index < -0.39 is 6.23 Å². The molecule has 0 rings (SSSR count). The summed E-state index contributed by atoms with van der Waals surface area (Å²) < 4.78 is 0. The maximum Gasteiger partial charge on any atom is 0.221 e. The van der Waals surface area contributed by atoms with Crippen LogP contribution in [-0.2, 0) is 4.79 Å². The van der Waals surface area contributed by atoms with Gasteiger partial charge in [-0.1, -0.05) is 97.3 Å². The van der Waals surface area contributed by atoms with Crippen LogP contribution in [0.25, 0.3) is 0 Å². The van der Waals surface area contributed by atoms with Crippen molar-refractivity contribution >= 4 is 5.91 Å². The lowest BCUT2D eigenvalue weighted by Gasteiger charge is -2.10. The SMILES string of the molecule is CCCCCCCCCCCCCCCCC(=O)NC(O)CC. The van der Waals surface area contributed by atoms with Crippen molar-refractivity contribution in [2.75, 3.05) is 0 Å². The minimum Gasteiger partial charge on any atom is -0.374 e. The highest BCUT2D eigenvalue weighted by molar-refractivity contribution is 5.75. The van der Waals surface area contributed by atoms with Gasteiger partial charge in [0, 0.05) is 6.42 Å². The molecule has 0 bridgehead atoms. The zero-order valence-corrected chi connectivity index (χ0v) is 15.7. The summed E-state index contributed by atoms with van der Waals surface area (Å²) >= 11 is 0. The number of hydrogen-bond acceptors (Lipinski definition) is 2. The Morgan fingerprint density at radius 3 is 1.52 bits per heavy atom. The van der Waals surface area contributed by atoms with E-state index in [1.807, 2.05) is 6.92 Å². The third kappa shape index (κ3) is 17.6. The highest BCUT2D eigenvalue weighted by Gasteiger charge is 2.05. The number of carbonyl (C=O) groups excluding carboxylic acids is 1. The summed E-state index contributed by atoms with van der Waals surface area (Å²) in [6.45, 7) is 4.13. The first kappa shape index (κ1) is 22.4. The van der Waals surface area contributed by atoms with Gasteiger partial charge in [0.15, 0.2) is 0 Å². The Bertz CT molecular complexity index is 256. The zero-order valence-electron chi connectivity index (χ0n) is 15.7. The molecule has 3 nitrogen and oxygen atoms in total. The Labute approximate surface area is 144 Å². The van der Waals surface area contributed by atoms with Crippen molar-refractivity contribution in [3.8, 4) is 0 Å². The molecule has 0 heterocycles. The van der Waals surface area contributed by atoms with Crippen molar-refractivity contribution in [1.29, 1.82) is 0 Å². The van der Waals surface area contributed by atoms with E-state index in [2.05, 4.69) is 12.2 Å². The number of carbonyl (C=O) groups is 1. The number of hydrogen-bond donors (Lipinski definition) is 2. The van der Waals surface area contributed by atoms with Gasteiger partial charge in [0.1, 0.15) is 6.23 Å². The number of unbranched alkanes of at least 4 members (excludes halogenated alkanes) is 13. The number of nitrogens with one attached hydrogen (secondary N) is 1. The van der Waals surface area contributed by atoms with Crippen molar-refractivity contribution in [1.82, 2.24) is 5.32 Å². The van der Waals surface area contributed by atoms with Gasteiger partial charge in [0.05, 0.1) is 0 Å². The number of rotatable bonds is 17. The quantitative estimate of drug-likeness (QED) is 0.266. The van der Waals surface area contributed by atoms with Crippen molar-refractivity contribution in [3.05, 3.63) is 0 Å². The predicted molar refractivity (Wildman–Crippen MR) is 99.4 cm³/mol. The average molecular weight is 328 g/mol. The normalized spacial score (nSPS) is 12.3. The Kier molecular flexibility index (Phi) is 17.3. The second-order valence-corrected chi connectivity index (χ2v) is 6.84. The van der Waals surface area contributed by atoms with E-state index in [9.17, 15) is 9.90 Å². The molecule has 0 saturated heterocycles. The Balaban J connectivity index is 3.12. The lowest BCUT2D eigenvalue weighted by atomic mass is 10.0. The van der Waals surface area contributed by atoms with E-state index in [1.54, 1.807) is 0 Å². The molecular weight excluding hydrogens is 286 g/mol. The van der Waals surface area contributed by atoms with E-state index in [4.69, 9.17) is 0 Å². The van der Waals surface area contributed by atoms with Gasteiger partial charge in [-0.2, -0.15) is 0 Å². The van der Waals surface area contributed by atoms with Gasteiger partial charge in [-0.05, 0) is 12.8 Å². The Morgan fingerprint density at radius 2 is 1.13 bits per heavy atom. The van der Waals surface area contributed by atoms with Gasteiger partial charge in [-0.25, -0.2) is 0 Å². The molecule has 0 spiro atoms. The summed E-state index contributed by atoms with van der Waals surface area (Å²) in [7, 11) is 0. The monoisotopic (exact) mass is 327 g/mol. The van der Waals surface area contributed by atoms with Crippen molar-refractivity contribution in [3.63, 3.8) is 0 Å². The van der Waals surface area contributed by atoms with E-state index in [-0.39, 0.29) is 5.91 Å². The van der Waals surface area contributed by atoms with Gasteiger partial charge < -0.3 is 10.4 Å². The molecule has 1 amide bonds. The van der Waals surface area contributed by atoms with Crippen LogP contribution in [0, 0.1) is 0 Å². The van der Waals surface area contributed by atoms with Crippen LogP contribution < -0.4 is 5.32 Å². The van der Waals surface area contributed by atoms with Crippen LogP contribution >= 0.6 is 0 Å². The van der Waals surface area contributed by atoms with Crippen LogP contribution in [0.3, 0.4) is 0 Å². The summed E-state index contributed by atoms with van der Waals surface area (Å²) in [4.78, 5) is 11.5. The highest BCUT2D eigenvalue weighted by Crippen LogP contribution is 2.13. The third-order valence-electron chi connectivity index (χ3n) is 4.47. The number of amides is 1. The van der Waals surface area contributed by atoms with Gasteiger partial charge in [0.2, 0.25) is 5.91 Å².